The number of fused-ring (bicyclic) bond motifs is 3. The number of amides is 1. The maximum Gasteiger partial charge on any atom is 0.497 e. The Labute approximate surface area is 233 Å². The summed E-state index contributed by atoms with van der Waals surface area (Å²) in [6.07, 6.45) is 1.73. The quantitative estimate of drug-likeness (QED) is 0.297. The number of H-pyrrole nitrogens is 1. The average Bonchev–Trinajstić information content (AvgIpc) is 3.59. The van der Waals surface area contributed by atoms with Crippen molar-refractivity contribution in [3.8, 4) is 0 Å². The number of carbonyl (C=O) groups is 1. The Morgan fingerprint density at radius 1 is 1.07 bits per heavy atom. The van der Waals surface area contributed by atoms with Crippen LogP contribution in [0.5, 0.6) is 0 Å². The van der Waals surface area contributed by atoms with Crippen molar-refractivity contribution in [3.05, 3.63) is 42.5 Å². The van der Waals surface area contributed by atoms with E-state index >= 15 is 0 Å². The van der Waals surface area contributed by atoms with Crippen LogP contribution in [0.15, 0.2) is 36.9 Å². The number of aromatic nitrogens is 4. The molecule has 1 aliphatic heterocycles. The highest BCUT2D eigenvalue weighted by molar-refractivity contribution is 6.64. The molecular formula is C27H29BF3N7O3. The monoisotopic (exact) mass is 567 g/mol. The number of nitrogens with one attached hydrogen (secondary N) is 1. The predicted octanol–water partition coefficient (Wildman–Crippen LogP) is 3.97. The largest absolute Gasteiger partial charge is 0.497 e. The summed E-state index contributed by atoms with van der Waals surface area (Å²) in [5, 5.41) is 1.20. The van der Waals surface area contributed by atoms with Gasteiger partial charge < -0.3 is 30.7 Å². The summed E-state index contributed by atoms with van der Waals surface area (Å²) >= 11 is 0. The van der Waals surface area contributed by atoms with E-state index in [2.05, 4.69) is 19.9 Å². The summed E-state index contributed by atoms with van der Waals surface area (Å²) in [7, 11) is -1.01. The molecule has 1 aromatic carbocycles. The standard InChI is InChI=1S/C27H29BF3N7O3/c1-25(2)26(3,4)41-28(40-25)18-7-15-16-11-34-12-17(23(32)39)21(16)37-19(15)8-20(18)38(14-9-35-24(33)36-10-14)22(13-5-6-13)27(29,30)31/h7-13,22,37H,5-6H2,1-4H3,(H2,32,39)(H2,33,35,36)/t22-/m1/s1. The van der Waals surface area contributed by atoms with Crippen LogP contribution in [0.1, 0.15) is 50.9 Å². The van der Waals surface area contributed by atoms with Crippen molar-refractivity contribution in [2.45, 2.75) is 64.0 Å². The van der Waals surface area contributed by atoms with E-state index in [4.69, 9.17) is 20.8 Å². The molecule has 214 valence electrons. The van der Waals surface area contributed by atoms with Gasteiger partial charge in [-0.05, 0) is 52.5 Å². The topological polar surface area (TPSA) is 145 Å². The number of carbonyl (C=O) groups excluding carboxylic acids is 1. The first-order chi connectivity index (χ1) is 19.2. The molecule has 4 aromatic rings. The van der Waals surface area contributed by atoms with Crippen LogP contribution in [-0.4, -0.2) is 56.4 Å². The lowest BCUT2D eigenvalue weighted by atomic mass is 9.76. The van der Waals surface area contributed by atoms with Crippen molar-refractivity contribution in [1.82, 2.24) is 19.9 Å². The van der Waals surface area contributed by atoms with Crippen molar-refractivity contribution in [3.63, 3.8) is 0 Å². The van der Waals surface area contributed by atoms with Crippen molar-refractivity contribution in [2.75, 3.05) is 10.6 Å². The van der Waals surface area contributed by atoms with Gasteiger partial charge in [-0.1, -0.05) is 6.07 Å². The molecule has 0 unspecified atom stereocenters. The normalized spacial score (nSPS) is 19.1. The molecule has 0 spiro atoms. The van der Waals surface area contributed by atoms with E-state index in [1.165, 1.54) is 23.5 Å². The van der Waals surface area contributed by atoms with Crippen molar-refractivity contribution >= 4 is 57.6 Å². The molecule has 14 heteroatoms. The van der Waals surface area contributed by atoms with Crippen LogP contribution in [0.25, 0.3) is 21.8 Å². The first kappa shape index (κ1) is 27.3. The van der Waals surface area contributed by atoms with Crippen LogP contribution in [0.4, 0.5) is 30.5 Å². The van der Waals surface area contributed by atoms with E-state index in [1.54, 1.807) is 18.3 Å². The molecule has 2 aliphatic rings. The van der Waals surface area contributed by atoms with Crippen LogP contribution in [0.3, 0.4) is 0 Å². The average molecular weight is 567 g/mol. The third-order valence-corrected chi connectivity index (χ3v) is 8.31. The highest BCUT2D eigenvalue weighted by Crippen LogP contribution is 2.48. The highest BCUT2D eigenvalue weighted by Gasteiger charge is 2.56. The molecule has 0 radical (unpaired) electrons. The fourth-order valence-corrected chi connectivity index (χ4v) is 5.36. The van der Waals surface area contributed by atoms with Crippen LogP contribution in [-0.2, 0) is 9.31 Å². The Balaban J connectivity index is 1.66. The Morgan fingerprint density at radius 2 is 1.71 bits per heavy atom. The number of nitrogens with two attached hydrogens (primary N) is 2. The number of alkyl halides is 3. The number of pyridine rings is 1. The second kappa shape index (κ2) is 9.05. The molecule has 1 aliphatic carbocycles. The van der Waals surface area contributed by atoms with Crippen LogP contribution in [0, 0.1) is 5.92 Å². The Bertz CT molecular complexity index is 1650. The fraction of sp³-hybridized carbons (Fsp3) is 0.407. The van der Waals surface area contributed by atoms with Crippen molar-refractivity contribution < 1.29 is 27.3 Å². The maximum atomic E-state index is 14.9. The summed E-state index contributed by atoms with van der Waals surface area (Å²) in [6.45, 7) is 7.48. The van der Waals surface area contributed by atoms with Gasteiger partial charge in [0.1, 0.15) is 6.04 Å². The molecule has 1 atom stereocenters. The number of aromatic amines is 1. The van der Waals surface area contributed by atoms with Gasteiger partial charge in [-0.15, -0.1) is 0 Å². The molecule has 0 bridgehead atoms. The van der Waals surface area contributed by atoms with Crippen LogP contribution in [0.2, 0.25) is 0 Å². The number of primary amides is 1. The third-order valence-electron chi connectivity index (χ3n) is 8.31. The van der Waals surface area contributed by atoms with Crippen LogP contribution >= 0.6 is 0 Å². The Hall–Kier alpha value is -3.91. The highest BCUT2D eigenvalue weighted by atomic mass is 19.4. The molecule has 1 saturated carbocycles. The first-order valence-corrected chi connectivity index (χ1v) is 13.2. The molecule has 5 N–H and O–H groups in total. The van der Waals surface area contributed by atoms with E-state index in [0.29, 0.717) is 40.1 Å². The number of rotatable bonds is 6. The molecular weight excluding hydrogens is 538 g/mol. The molecule has 3 aromatic heterocycles. The van der Waals surface area contributed by atoms with Gasteiger partial charge >= 0.3 is 13.3 Å². The number of nitrogen functional groups attached to an aromatic ring is 1. The number of hydrogen-bond donors (Lipinski definition) is 3. The minimum Gasteiger partial charge on any atom is -0.399 e. The Morgan fingerprint density at radius 3 is 2.27 bits per heavy atom. The Kier molecular flexibility index (Phi) is 6.02. The number of hydrogen-bond acceptors (Lipinski definition) is 8. The van der Waals surface area contributed by atoms with Gasteiger partial charge in [-0.2, -0.15) is 13.2 Å². The van der Waals surface area contributed by atoms with Gasteiger partial charge in [0.15, 0.2) is 0 Å². The summed E-state index contributed by atoms with van der Waals surface area (Å²) in [4.78, 5) is 28.7. The van der Waals surface area contributed by atoms with Gasteiger partial charge in [0.05, 0.1) is 40.4 Å². The van der Waals surface area contributed by atoms with Crippen molar-refractivity contribution in [1.29, 1.82) is 0 Å². The summed E-state index contributed by atoms with van der Waals surface area (Å²) in [6, 6.07) is 1.46. The zero-order chi connectivity index (χ0) is 29.5. The van der Waals surface area contributed by atoms with E-state index in [1.807, 2.05) is 27.7 Å². The lowest BCUT2D eigenvalue weighted by Crippen LogP contribution is -2.48. The molecule has 10 nitrogen and oxygen atoms in total. The first-order valence-electron chi connectivity index (χ1n) is 13.2. The lowest BCUT2D eigenvalue weighted by Gasteiger charge is -2.36. The summed E-state index contributed by atoms with van der Waals surface area (Å²) in [5.74, 6) is -1.39. The van der Waals surface area contributed by atoms with Gasteiger partial charge in [-0.3, -0.25) is 9.78 Å². The van der Waals surface area contributed by atoms with Gasteiger partial charge in [0.25, 0.3) is 5.91 Å². The third kappa shape index (κ3) is 4.54. The van der Waals surface area contributed by atoms with E-state index in [-0.39, 0.29) is 22.9 Å². The zero-order valence-corrected chi connectivity index (χ0v) is 22.9. The number of anilines is 3. The molecule has 6 rings (SSSR count). The summed E-state index contributed by atoms with van der Waals surface area (Å²) < 4.78 is 57.3. The zero-order valence-electron chi connectivity index (χ0n) is 22.9. The van der Waals surface area contributed by atoms with E-state index < -0.39 is 42.4 Å². The fourth-order valence-electron chi connectivity index (χ4n) is 5.36. The lowest BCUT2D eigenvalue weighted by molar-refractivity contribution is -0.151. The maximum absolute atomic E-state index is 14.9. The molecule has 4 heterocycles. The van der Waals surface area contributed by atoms with Crippen molar-refractivity contribution in [2.24, 2.45) is 11.7 Å². The smallest absolute Gasteiger partial charge is 0.399 e. The molecule has 41 heavy (non-hydrogen) atoms. The minimum absolute atomic E-state index is 0.0626. The summed E-state index contributed by atoms with van der Waals surface area (Å²) in [5.41, 5.74) is 11.5. The van der Waals surface area contributed by atoms with E-state index in [0.717, 1.165) is 0 Å². The number of nitrogens with zero attached hydrogens (tertiary/aromatic N) is 4. The molecule has 1 amide bonds. The second-order valence-corrected chi connectivity index (χ2v) is 11.6. The predicted molar refractivity (Wildman–Crippen MR) is 149 cm³/mol. The molecule has 1 saturated heterocycles. The van der Waals surface area contributed by atoms with Gasteiger partial charge in [0.2, 0.25) is 5.95 Å². The van der Waals surface area contributed by atoms with Gasteiger partial charge in [-0.25, -0.2) is 9.97 Å². The minimum atomic E-state index is -4.59. The van der Waals surface area contributed by atoms with Crippen LogP contribution < -0.4 is 21.8 Å². The SMILES string of the molecule is CC1(C)OB(c2cc3c(cc2N(c2cnc(N)nc2)[C@H](C2CC2)C(F)(F)F)[nH]c2c(C(N)=O)cncc23)OC1(C)C. The second-order valence-electron chi connectivity index (χ2n) is 11.6. The van der Waals surface area contributed by atoms with Gasteiger partial charge in [0, 0.05) is 39.8 Å². The van der Waals surface area contributed by atoms with E-state index in [9.17, 15) is 18.0 Å². The number of benzene rings is 1. The number of halogens is 3. The molecule has 2 fully saturated rings.